The molecule has 1 aromatic heterocycles. The summed E-state index contributed by atoms with van der Waals surface area (Å²) in [6.07, 6.45) is 8.76. The minimum Gasteiger partial charge on any atom is -0.372 e. The molecule has 0 aliphatic heterocycles. The molecule has 5 heteroatoms. The van der Waals surface area contributed by atoms with Crippen LogP contribution in [0.5, 0.6) is 0 Å². The molecule has 1 saturated carbocycles. The molecule has 1 heterocycles. The third-order valence-corrected chi connectivity index (χ3v) is 3.53. The van der Waals surface area contributed by atoms with Gasteiger partial charge in [-0.1, -0.05) is 25.7 Å². The van der Waals surface area contributed by atoms with Gasteiger partial charge in [-0.25, -0.2) is 4.98 Å². The van der Waals surface area contributed by atoms with Crippen LogP contribution in [0.1, 0.15) is 44.3 Å². The molecule has 0 bridgehead atoms. The second-order valence-electron chi connectivity index (χ2n) is 5.07. The molecule has 5 nitrogen and oxygen atoms in total. The smallest absolute Gasteiger partial charge is 0.152 e. The number of hydrogen-bond acceptors (Lipinski definition) is 4. The van der Waals surface area contributed by atoms with Gasteiger partial charge >= 0.3 is 0 Å². The van der Waals surface area contributed by atoms with Crippen molar-refractivity contribution >= 4 is 0 Å². The molecule has 1 aromatic rings. The Morgan fingerprint density at radius 1 is 1.35 bits per heavy atom. The Morgan fingerprint density at radius 3 is 2.65 bits per heavy atom. The number of nitrogens with two attached hydrogens (primary N) is 1. The van der Waals surface area contributed by atoms with E-state index in [1.165, 1.54) is 25.7 Å². The number of aromatic nitrogens is 3. The summed E-state index contributed by atoms with van der Waals surface area (Å²) < 4.78 is 7.44. The SMILES string of the molecule is Cn1ncnc1COCC1(N)CCCCCC1. The molecule has 1 aliphatic rings. The van der Waals surface area contributed by atoms with Gasteiger partial charge in [0.25, 0.3) is 0 Å². The van der Waals surface area contributed by atoms with Crippen molar-refractivity contribution in [2.24, 2.45) is 12.8 Å². The van der Waals surface area contributed by atoms with Crippen LogP contribution in [0.2, 0.25) is 0 Å². The quantitative estimate of drug-likeness (QED) is 0.805. The van der Waals surface area contributed by atoms with Crippen molar-refractivity contribution < 1.29 is 4.74 Å². The van der Waals surface area contributed by atoms with Crippen LogP contribution in [0, 0.1) is 0 Å². The molecule has 0 atom stereocenters. The summed E-state index contributed by atoms with van der Waals surface area (Å²) in [6.45, 7) is 1.12. The van der Waals surface area contributed by atoms with E-state index in [1.54, 1.807) is 11.0 Å². The van der Waals surface area contributed by atoms with E-state index in [2.05, 4.69) is 10.1 Å². The summed E-state index contributed by atoms with van der Waals surface area (Å²) in [5, 5.41) is 4.01. The van der Waals surface area contributed by atoms with E-state index < -0.39 is 0 Å². The van der Waals surface area contributed by atoms with Crippen LogP contribution in [-0.2, 0) is 18.4 Å². The van der Waals surface area contributed by atoms with Crippen molar-refractivity contribution in [1.29, 1.82) is 0 Å². The Balaban J connectivity index is 1.79. The maximum absolute atomic E-state index is 6.37. The maximum Gasteiger partial charge on any atom is 0.152 e. The molecule has 2 N–H and O–H groups in total. The van der Waals surface area contributed by atoms with E-state index in [0.717, 1.165) is 18.7 Å². The highest BCUT2D eigenvalue weighted by molar-refractivity contribution is 4.87. The molecule has 0 radical (unpaired) electrons. The topological polar surface area (TPSA) is 66.0 Å². The van der Waals surface area contributed by atoms with Gasteiger partial charge in [0.1, 0.15) is 12.9 Å². The first-order valence-corrected chi connectivity index (χ1v) is 6.39. The van der Waals surface area contributed by atoms with Crippen molar-refractivity contribution in [1.82, 2.24) is 14.8 Å². The molecular formula is C12H22N4O. The lowest BCUT2D eigenvalue weighted by Crippen LogP contribution is -2.44. The lowest BCUT2D eigenvalue weighted by atomic mass is 9.93. The van der Waals surface area contributed by atoms with Crippen LogP contribution in [0.25, 0.3) is 0 Å². The Bertz CT molecular complexity index is 342. The molecule has 0 aromatic carbocycles. The number of hydrogen-bond donors (Lipinski definition) is 1. The van der Waals surface area contributed by atoms with E-state index in [-0.39, 0.29) is 5.54 Å². The first kappa shape index (κ1) is 12.5. The highest BCUT2D eigenvalue weighted by atomic mass is 16.5. The third kappa shape index (κ3) is 3.51. The Morgan fingerprint density at radius 2 is 2.06 bits per heavy atom. The Kier molecular flexibility index (Phi) is 4.12. The van der Waals surface area contributed by atoms with Gasteiger partial charge in [0.15, 0.2) is 5.82 Å². The number of rotatable bonds is 4. The Labute approximate surface area is 102 Å². The number of ether oxygens (including phenoxy) is 1. The zero-order valence-corrected chi connectivity index (χ0v) is 10.6. The summed E-state index contributed by atoms with van der Waals surface area (Å²) in [5.74, 6) is 0.849. The van der Waals surface area contributed by atoms with Crippen LogP contribution in [0.3, 0.4) is 0 Å². The van der Waals surface area contributed by atoms with Crippen LogP contribution < -0.4 is 5.73 Å². The number of nitrogens with zero attached hydrogens (tertiary/aromatic N) is 3. The summed E-state index contributed by atoms with van der Waals surface area (Å²) in [5.41, 5.74) is 6.24. The third-order valence-electron chi connectivity index (χ3n) is 3.53. The average molecular weight is 238 g/mol. The minimum absolute atomic E-state index is 0.130. The maximum atomic E-state index is 6.37. The van der Waals surface area contributed by atoms with Crippen LogP contribution in [0.15, 0.2) is 6.33 Å². The fourth-order valence-corrected chi connectivity index (χ4v) is 2.37. The van der Waals surface area contributed by atoms with Gasteiger partial charge in [0.2, 0.25) is 0 Å². The first-order valence-electron chi connectivity index (χ1n) is 6.39. The summed E-state index contributed by atoms with van der Waals surface area (Å²) in [6, 6.07) is 0. The van der Waals surface area contributed by atoms with E-state index in [1.807, 2.05) is 7.05 Å². The van der Waals surface area contributed by atoms with Crippen molar-refractivity contribution in [3.63, 3.8) is 0 Å². The molecular weight excluding hydrogens is 216 g/mol. The number of aryl methyl sites for hydroxylation is 1. The van der Waals surface area contributed by atoms with Crippen molar-refractivity contribution in [2.45, 2.75) is 50.7 Å². The zero-order chi connectivity index (χ0) is 12.1. The van der Waals surface area contributed by atoms with Gasteiger partial charge in [-0.3, -0.25) is 4.68 Å². The van der Waals surface area contributed by atoms with Crippen molar-refractivity contribution in [3.05, 3.63) is 12.2 Å². The second-order valence-corrected chi connectivity index (χ2v) is 5.07. The van der Waals surface area contributed by atoms with Crippen LogP contribution in [-0.4, -0.2) is 26.9 Å². The highest BCUT2D eigenvalue weighted by Crippen LogP contribution is 2.25. The fraction of sp³-hybridized carbons (Fsp3) is 0.833. The summed E-state index contributed by atoms with van der Waals surface area (Å²) >= 11 is 0. The van der Waals surface area contributed by atoms with E-state index in [9.17, 15) is 0 Å². The first-order chi connectivity index (χ1) is 8.20. The molecule has 0 amide bonds. The summed E-state index contributed by atoms with van der Waals surface area (Å²) in [7, 11) is 1.87. The molecule has 0 spiro atoms. The van der Waals surface area contributed by atoms with Gasteiger partial charge in [-0.2, -0.15) is 5.10 Å². The predicted octanol–water partition coefficient (Wildman–Crippen LogP) is 1.38. The molecule has 0 unspecified atom stereocenters. The van der Waals surface area contributed by atoms with Crippen LogP contribution >= 0.6 is 0 Å². The normalized spacial score (nSPS) is 20.1. The fourth-order valence-electron chi connectivity index (χ4n) is 2.37. The molecule has 2 rings (SSSR count). The molecule has 1 fully saturated rings. The standard InChI is InChI=1S/C12H22N4O/c1-16-11(14-10-15-16)8-17-9-12(13)6-4-2-3-5-7-12/h10H,2-9,13H2,1H3. The van der Waals surface area contributed by atoms with E-state index >= 15 is 0 Å². The van der Waals surface area contributed by atoms with Crippen molar-refractivity contribution in [3.8, 4) is 0 Å². The second kappa shape index (κ2) is 5.60. The summed E-state index contributed by atoms with van der Waals surface area (Å²) in [4.78, 5) is 4.13. The average Bonchev–Trinajstić information content (AvgIpc) is 2.58. The molecule has 96 valence electrons. The monoisotopic (exact) mass is 238 g/mol. The van der Waals surface area contributed by atoms with Crippen LogP contribution in [0.4, 0.5) is 0 Å². The highest BCUT2D eigenvalue weighted by Gasteiger charge is 2.26. The Hall–Kier alpha value is -0.940. The zero-order valence-electron chi connectivity index (χ0n) is 10.6. The van der Waals surface area contributed by atoms with Gasteiger partial charge in [0.05, 0.1) is 6.61 Å². The predicted molar refractivity (Wildman–Crippen MR) is 65.3 cm³/mol. The molecule has 1 aliphatic carbocycles. The van der Waals surface area contributed by atoms with Crippen molar-refractivity contribution in [2.75, 3.05) is 6.61 Å². The van der Waals surface area contributed by atoms with Gasteiger partial charge in [-0.15, -0.1) is 0 Å². The van der Waals surface area contributed by atoms with E-state index in [0.29, 0.717) is 13.2 Å². The largest absolute Gasteiger partial charge is 0.372 e. The molecule has 17 heavy (non-hydrogen) atoms. The van der Waals surface area contributed by atoms with Gasteiger partial charge < -0.3 is 10.5 Å². The van der Waals surface area contributed by atoms with E-state index in [4.69, 9.17) is 10.5 Å². The molecule has 0 saturated heterocycles. The van der Waals surface area contributed by atoms with Gasteiger partial charge in [0, 0.05) is 12.6 Å². The lowest BCUT2D eigenvalue weighted by Gasteiger charge is -2.27. The minimum atomic E-state index is -0.130. The van der Waals surface area contributed by atoms with Gasteiger partial charge in [-0.05, 0) is 12.8 Å². The lowest BCUT2D eigenvalue weighted by molar-refractivity contribution is 0.0613.